The molecule has 1 fully saturated rings. The van der Waals surface area contributed by atoms with Crippen LogP contribution >= 0.6 is 0 Å². The molecule has 3 nitrogen and oxygen atoms in total. The van der Waals surface area contributed by atoms with Crippen LogP contribution in [0.4, 0.5) is 8.78 Å². The van der Waals surface area contributed by atoms with Crippen molar-refractivity contribution >= 4 is 5.97 Å². The van der Waals surface area contributed by atoms with Crippen molar-refractivity contribution in [3.05, 3.63) is 29.8 Å². The number of halogens is 2. The van der Waals surface area contributed by atoms with Gasteiger partial charge in [-0.3, -0.25) is 0 Å². The minimum atomic E-state index is -2.58. The maximum Gasteiger partial charge on any atom is 0.335 e. The summed E-state index contributed by atoms with van der Waals surface area (Å²) in [5.74, 6) is -3.90. The summed E-state index contributed by atoms with van der Waals surface area (Å²) in [5.41, 5.74) is 0.143. The van der Waals surface area contributed by atoms with Crippen LogP contribution in [0.1, 0.15) is 16.8 Å². The number of alkyl halides is 2. The summed E-state index contributed by atoms with van der Waals surface area (Å²) in [6, 6.07) is 5.68. The Morgan fingerprint density at radius 3 is 2.44 bits per heavy atom. The summed E-state index contributed by atoms with van der Waals surface area (Å²) >= 11 is 0. The smallest absolute Gasteiger partial charge is 0.335 e. The van der Waals surface area contributed by atoms with Gasteiger partial charge in [-0.25, -0.2) is 13.6 Å². The fourth-order valence-electron chi connectivity index (χ4n) is 1.34. The van der Waals surface area contributed by atoms with Crippen LogP contribution < -0.4 is 4.74 Å². The summed E-state index contributed by atoms with van der Waals surface area (Å²) in [6.07, 6.45) is -0.125. The molecule has 0 radical (unpaired) electrons. The van der Waals surface area contributed by atoms with Gasteiger partial charge >= 0.3 is 5.97 Å². The average molecular weight is 228 g/mol. The van der Waals surface area contributed by atoms with E-state index in [1.165, 1.54) is 24.3 Å². The second-order valence-electron chi connectivity index (χ2n) is 3.80. The van der Waals surface area contributed by atoms with E-state index in [0.717, 1.165) is 0 Å². The molecule has 16 heavy (non-hydrogen) atoms. The van der Waals surface area contributed by atoms with Crippen LogP contribution in [-0.4, -0.2) is 23.6 Å². The topological polar surface area (TPSA) is 46.5 Å². The van der Waals surface area contributed by atoms with E-state index in [2.05, 4.69) is 0 Å². The van der Waals surface area contributed by atoms with Gasteiger partial charge in [0, 0.05) is 6.42 Å². The van der Waals surface area contributed by atoms with Gasteiger partial charge in [-0.1, -0.05) is 0 Å². The first kappa shape index (κ1) is 10.9. The third-order valence-corrected chi connectivity index (χ3v) is 2.51. The Morgan fingerprint density at radius 1 is 1.44 bits per heavy atom. The lowest BCUT2D eigenvalue weighted by molar-refractivity contribution is 0.0696. The zero-order chi connectivity index (χ0) is 11.8. The van der Waals surface area contributed by atoms with E-state index in [-0.39, 0.29) is 18.6 Å². The molecule has 86 valence electrons. The maximum absolute atomic E-state index is 12.5. The van der Waals surface area contributed by atoms with Gasteiger partial charge in [-0.05, 0) is 24.3 Å². The number of carboxylic acids is 1. The molecule has 0 saturated heterocycles. The predicted octanol–water partition coefficient (Wildman–Crippen LogP) is 2.42. The lowest BCUT2D eigenvalue weighted by atomic mass is 10.2. The van der Waals surface area contributed by atoms with Crippen LogP contribution in [0.5, 0.6) is 5.75 Å². The number of hydrogen-bond acceptors (Lipinski definition) is 2. The van der Waals surface area contributed by atoms with Crippen LogP contribution in [0.25, 0.3) is 0 Å². The predicted molar refractivity (Wildman–Crippen MR) is 52.0 cm³/mol. The number of rotatable bonds is 4. The van der Waals surface area contributed by atoms with Crippen molar-refractivity contribution in [3.63, 3.8) is 0 Å². The Labute approximate surface area is 90.7 Å². The molecule has 0 aliphatic heterocycles. The van der Waals surface area contributed by atoms with Crippen molar-refractivity contribution in [3.8, 4) is 5.75 Å². The SMILES string of the molecule is O=C(O)c1ccc(OCC2CC2(F)F)cc1. The van der Waals surface area contributed by atoms with Crippen molar-refractivity contribution in [2.24, 2.45) is 5.92 Å². The molecule has 1 atom stereocenters. The molecule has 1 aliphatic carbocycles. The molecule has 1 unspecified atom stereocenters. The van der Waals surface area contributed by atoms with E-state index in [9.17, 15) is 13.6 Å². The Bertz CT molecular complexity index is 400. The van der Waals surface area contributed by atoms with E-state index in [4.69, 9.17) is 9.84 Å². The molecule has 1 N–H and O–H groups in total. The summed E-state index contributed by atoms with van der Waals surface area (Å²) in [7, 11) is 0. The molecule has 0 amide bonds. The molecule has 1 aliphatic rings. The monoisotopic (exact) mass is 228 g/mol. The lowest BCUT2D eigenvalue weighted by Gasteiger charge is -2.05. The van der Waals surface area contributed by atoms with E-state index >= 15 is 0 Å². The number of benzene rings is 1. The summed E-state index contributed by atoms with van der Waals surface area (Å²) < 4.78 is 30.2. The highest BCUT2D eigenvalue weighted by Crippen LogP contribution is 2.48. The molecule has 0 aromatic heterocycles. The fraction of sp³-hybridized carbons (Fsp3) is 0.364. The molecule has 1 saturated carbocycles. The third-order valence-electron chi connectivity index (χ3n) is 2.51. The normalized spacial score (nSPS) is 21.5. The summed E-state index contributed by atoms with van der Waals surface area (Å²) in [4.78, 5) is 10.5. The second-order valence-corrected chi connectivity index (χ2v) is 3.80. The van der Waals surface area contributed by atoms with Crippen molar-refractivity contribution in [2.45, 2.75) is 12.3 Å². The Balaban J connectivity index is 1.88. The molecular formula is C11H10F2O3. The van der Waals surface area contributed by atoms with E-state index in [1.54, 1.807) is 0 Å². The highest BCUT2D eigenvalue weighted by molar-refractivity contribution is 5.87. The zero-order valence-corrected chi connectivity index (χ0v) is 8.32. The van der Waals surface area contributed by atoms with E-state index < -0.39 is 17.8 Å². The van der Waals surface area contributed by atoms with Gasteiger partial charge in [0.05, 0.1) is 18.1 Å². The third kappa shape index (κ3) is 2.29. The van der Waals surface area contributed by atoms with Crippen LogP contribution in [0.2, 0.25) is 0 Å². The van der Waals surface area contributed by atoms with E-state index in [1.807, 2.05) is 0 Å². The zero-order valence-electron chi connectivity index (χ0n) is 8.32. The molecule has 0 heterocycles. The van der Waals surface area contributed by atoms with Crippen LogP contribution in [0, 0.1) is 5.92 Å². The minimum Gasteiger partial charge on any atom is -0.493 e. The second kappa shape index (κ2) is 3.73. The Kier molecular flexibility index (Phi) is 2.53. The van der Waals surface area contributed by atoms with Crippen molar-refractivity contribution in [1.29, 1.82) is 0 Å². The molecule has 0 spiro atoms. The number of carboxylic acid groups (broad SMARTS) is 1. The Hall–Kier alpha value is -1.65. The van der Waals surface area contributed by atoms with Crippen LogP contribution in [0.15, 0.2) is 24.3 Å². The van der Waals surface area contributed by atoms with Gasteiger partial charge in [0.15, 0.2) is 0 Å². The van der Waals surface area contributed by atoms with Crippen molar-refractivity contribution < 1.29 is 23.4 Å². The number of aromatic carboxylic acids is 1. The largest absolute Gasteiger partial charge is 0.493 e. The van der Waals surface area contributed by atoms with Gasteiger partial charge in [0.1, 0.15) is 5.75 Å². The van der Waals surface area contributed by atoms with Gasteiger partial charge in [0.2, 0.25) is 0 Å². The van der Waals surface area contributed by atoms with Gasteiger partial charge in [0.25, 0.3) is 5.92 Å². The first-order valence-electron chi connectivity index (χ1n) is 4.83. The van der Waals surface area contributed by atoms with E-state index in [0.29, 0.717) is 5.75 Å². The quantitative estimate of drug-likeness (QED) is 0.860. The fourth-order valence-corrected chi connectivity index (χ4v) is 1.34. The molecule has 1 aromatic rings. The van der Waals surface area contributed by atoms with Crippen molar-refractivity contribution in [1.82, 2.24) is 0 Å². The van der Waals surface area contributed by atoms with Gasteiger partial charge in [-0.2, -0.15) is 0 Å². The highest BCUT2D eigenvalue weighted by atomic mass is 19.3. The first-order chi connectivity index (χ1) is 7.49. The molecule has 5 heteroatoms. The average Bonchev–Trinajstić information content (AvgIpc) is 2.84. The standard InChI is InChI=1S/C11H10F2O3/c12-11(13)5-8(11)6-16-9-3-1-7(2-4-9)10(14)15/h1-4,8H,5-6H2,(H,14,15). The summed E-state index contributed by atoms with van der Waals surface area (Å²) in [5, 5.41) is 8.63. The molecule has 1 aromatic carbocycles. The number of carbonyl (C=O) groups is 1. The maximum atomic E-state index is 12.5. The van der Waals surface area contributed by atoms with Gasteiger partial charge in [-0.15, -0.1) is 0 Å². The lowest BCUT2D eigenvalue weighted by Crippen LogP contribution is -2.05. The Morgan fingerprint density at radius 2 is 2.00 bits per heavy atom. The first-order valence-corrected chi connectivity index (χ1v) is 4.83. The van der Waals surface area contributed by atoms with Crippen LogP contribution in [-0.2, 0) is 0 Å². The molecule has 2 rings (SSSR count). The minimum absolute atomic E-state index is 0.0284. The van der Waals surface area contributed by atoms with Crippen molar-refractivity contribution in [2.75, 3.05) is 6.61 Å². The number of ether oxygens (including phenoxy) is 1. The number of hydrogen-bond donors (Lipinski definition) is 1. The molecule has 0 bridgehead atoms. The van der Waals surface area contributed by atoms with Gasteiger partial charge < -0.3 is 9.84 Å². The summed E-state index contributed by atoms with van der Waals surface area (Å²) in [6.45, 7) is -0.0284. The molecular weight excluding hydrogens is 218 g/mol. The highest BCUT2D eigenvalue weighted by Gasteiger charge is 2.57. The van der Waals surface area contributed by atoms with Crippen LogP contribution in [0.3, 0.4) is 0 Å².